The molecule has 3 amide bonds. The summed E-state index contributed by atoms with van der Waals surface area (Å²) in [5.41, 5.74) is 0.377. The van der Waals surface area contributed by atoms with E-state index in [1.54, 1.807) is 18.2 Å². The summed E-state index contributed by atoms with van der Waals surface area (Å²) in [6.45, 7) is 4.72. The van der Waals surface area contributed by atoms with Crippen molar-refractivity contribution < 1.29 is 18.8 Å². The van der Waals surface area contributed by atoms with Gasteiger partial charge in [0.2, 0.25) is 17.7 Å². The minimum absolute atomic E-state index is 0.000192. The van der Waals surface area contributed by atoms with E-state index in [2.05, 4.69) is 18.0 Å². The zero-order valence-electron chi connectivity index (χ0n) is 16.4. The molecule has 2 aliphatic heterocycles. The van der Waals surface area contributed by atoms with Crippen molar-refractivity contribution in [3.05, 3.63) is 42.5 Å². The number of benzene rings is 1. The van der Waals surface area contributed by atoms with Crippen LogP contribution in [0.2, 0.25) is 0 Å². The zero-order chi connectivity index (χ0) is 21.3. The third-order valence-corrected chi connectivity index (χ3v) is 5.74. The summed E-state index contributed by atoms with van der Waals surface area (Å²) in [5, 5.41) is 12.5. The number of likely N-dealkylation sites (tertiary alicyclic amines) is 1. The fourth-order valence-electron chi connectivity index (χ4n) is 4.21. The normalized spacial score (nSPS) is 24.4. The first-order valence-corrected chi connectivity index (χ1v) is 9.39. The van der Waals surface area contributed by atoms with Gasteiger partial charge in [-0.15, -0.1) is 0 Å². The molecule has 7 nitrogen and oxygen atoms in total. The molecular formula is C21H23FN4O3. The number of nitrogens with zero attached hydrogens (tertiary/aromatic N) is 3. The van der Waals surface area contributed by atoms with E-state index in [0.29, 0.717) is 5.69 Å². The number of hydrogen-bond acceptors (Lipinski definition) is 4. The third kappa shape index (κ3) is 3.37. The fourth-order valence-corrected chi connectivity index (χ4v) is 4.21. The second-order valence-corrected chi connectivity index (χ2v) is 7.58. The summed E-state index contributed by atoms with van der Waals surface area (Å²) < 4.78 is 13.8. The van der Waals surface area contributed by atoms with Crippen LogP contribution in [0.3, 0.4) is 0 Å². The van der Waals surface area contributed by atoms with E-state index >= 15 is 0 Å². The van der Waals surface area contributed by atoms with Gasteiger partial charge in [0.1, 0.15) is 12.1 Å². The van der Waals surface area contributed by atoms with Crippen molar-refractivity contribution >= 4 is 23.4 Å². The molecule has 2 aliphatic rings. The predicted octanol–water partition coefficient (Wildman–Crippen LogP) is 1.76. The molecular weight excluding hydrogens is 375 g/mol. The monoisotopic (exact) mass is 398 g/mol. The molecule has 0 saturated carbocycles. The number of hydrogen-bond donors (Lipinski definition) is 1. The molecule has 1 N–H and O–H groups in total. The van der Waals surface area contributed by atoms with Gasteiger partial charge in [0.05, 0.1) is 17.7 Å². The van der Waals surface area contributed by atoms with Crippen LogP contribution in [0.4, 0.5) is 10.1 Å². The summed E-state index contributed by atoms with van der Waals surface area (Å²) in [4.78, 5) is 40.6. The van der Waals surface area contributed by atoms with Crippen LogP contribution in [0.5, 0.6) is 0 Å². The number of rotatable bonds is 5. The van der Waals surface area contributed by atoms with E-state index in [4.69, 9.17) is 0 Å². The lowest BCUT2D eigenvalue weighted by molar-refractivity contribution is -0.143. The maximum atomic E-state index is 13.8. The molecule has 1 aromatic rings. The molecule has 2 heterocycles. The van der Waals surface area contributed by atoms with E-state index in [1.807, 2.05) is 6.07 Å². The molecule has 29 heavy (non-hydrogen) atoms. The number of likely N-dealkylation sites (N-methyl/N-ethyl adjacent to an activating group) is 1. The van der Waals surface area contributed by atoms with Crippen LogP contribution in [-0.4, -0.2) is 59.4 Å². The molecule has 0 aromatic heterocycles. The zero-order valence-corrected chi connectivity index (χ0v) is 16.4. The highest BCUT2D eigenvalue weighted by Gasteiger charge is 2.56. The molecule has 8 heteroatoms. The smallest absolute Gasteiger partial charge is 0.246 e. The first kappa shape index (κ1) is 20.5. The van der Waals surface area contributed by atoms with Crippen LogP contribution < -0.4 is 5.32 Å². The number of anilines is 1. The summed E-state index contributed by atoms with van der Waals surface area (Å²) in [5.74, 6) is -1.33. The van der Waals surface area contributed by atoms with Gasteiger partial charge in [-0.3, -0.25) is 14.4 Å². The highest BCUT2D eigenvalue weighted by atomic mass is 19.1. The van der Waals surface area contributed by atoms with Crippen molar-refractivity contribution in [3.8, 4) is 6.07 Å². The van der Waals surface area contributed by atoms with E-state index in [0.717, 1.165) is 16.5 Å². The number of carbonyl (C=O) groups is 3. The predicted molar refractivity (Wildman–Crippen MR) is 104 cm³/mol. The minimum Gasteiger partial charge on any atom is -0.330 e. The van der Waals surface area contributed by atoms with Crippen molar-refractivity contribution in [2.45, 2.75) is 43.4 Å². The molecule has 3 rings (SSSR count). The molecule has 152 valence electrons. The Bertz CT molecular complexity index is 909. The summed E-state index contributed by atoms with van der Waals surface area (Å²) in [6, 6.07) is 7.33. The van der Waals surface area contributed by atoms with E-state index in [-0.39, 0.29) is 25.3 Å². The first-order chi connectivity index (χ1) is 13.7. The molecule has 0 bridgehead atoms. The van der Waals surface area contributed by atoms with Crippen molar-refractivity contribution in [3.63, 3.8) is 0 Å². The van der Waals surface area contributed by atoms with Crippen LogP contribution in [0, 0.1) is 11.3 Å². The van der Waals surface area contributed by atoms with Gasteiger partial charge in [0.15, 0.2) is 0 Å². The summed E-state index contributed by atoms with van der Waals surface area (Å²) in [7, 11) is 1.40. The van der Waals surface area contributed by atoms with Crippen molar-refractivity contribution in [2.75, 3.05) is 18.9 Å². The molecule has 0 aliphatic carbocycles. The number of fused-ring (bicyclic) bond motifs is 2. The van der Waals surface area contributed by atoms with Gasteiger partial charge in [-0.05, 0) is 24.6 Å². The molecule has 1 spiro atoms. The minimum atomic E-state index is -1.34. The molecule has 1 saturated heterocycles. The van der Waals surface area contributed by atoms with Gasteiger partial charge in [-0.2, -0.15) is 5.26 Å². The van der Waals surface area contributed by atoms with E-state index in [1.165, 1.54) is 18.9 Å². The lowest BCUT2D eigenvalue weighted by atomic mass is 9.80. The van der Waals surface area contributed by atoms with Crippen LogP contribution in [0.25, 0.3) is 0 Å². The van der Waals surface area contributed by atoms with Crippen LogP contribution in [-0.2, 0) is 19.8 Å². The van der Waals surface area contributed by atoms with Crippen LogP contribution in [0.1, 0.15) is 25.3 Å². The lowest BCUT2D eigenvalue weighted by Crippen LogP contribution is -2.51. The van der Waals surface area contributed by atoms with Gasteiger partial charge in [-0.25, -0.2) is 4.39 Å². The van der Waals surface area contributed by atoms with Crippen LogP contribution >= 0.6 is 0 Å². The number of carbonyl (C=O) groups excluding carboxylic acids is 3. The standard InChI is InChI=1S/C21H23FN4O3/c1-4-18(27)25(3)17(9-13(2)22)19(28)26-12-21(10-14(26)11-23)15-7-5-6-8-16(15)24-20(21)29/h4-8,13-14,17H,1,9-10,12H2,2-3H3,(H,24,29)/t13-,14-,17-,21-/m0/s1. The Morgan fingerprint density at radius 3 is 2.83 bits per heavy atom. The largest absolute Gasteiger partial charge is 0.330 e. The van der Waals surface area contributed by atoms with E-state index < -0.39 is 35.5 Å². The lowest BCUT2D eigenvalue weighted by Gasteiger charge is -2.32. The van der Waals surface area contributed by atoms with Gasteiger partial charge in [0.25, 0.3) is 0 Å². The second kappa shape index (κ2) is 7.66. The fraction of sp³-hybridized carbons (Fsp3) is 0.429. The Balaban J connectivity index is 1.96. The Morgan fingerprint density at radius 2 is 2.21 bits per heavy atom. The van der Waals surface area contributed by atoms with Gasteiger partial charge in [-0.1, -0.05) is 24.8 Å². The SMILES string of the molecule is C=CC(=O)N(C)[C@@H](C[C@H](C)F)C(=O)N1C[C@]2(C[C@H]1C#N)C(=O)Nc1ccccc12. The Morgan fingerprint density at radius 1 is 1.52 bits per heavy atom. The average Bonchev–Trinajstić information content (AvgIpc) is 3.23. The maximum absolute atomic E-state index is 13.8. The average molecular weight is 398 g/mol. The summed E-state index contributed by atoms with van der Waals surface area (Å²) in [6.07, 6.45) is -0.345. The number of para-hydroxylation sites is 1. The van der Waals surface area contributed by atoms with Crippen molar-refractivity contribution in [1.82, 2.24) is 9.80 Å². The quantitative estimate of drug-likeness (QED) is 0.765. The molecule has 0 radical (unpaired) electrons. The molecule has 0 unspecified atom stereocenters. The number of halogens is 1. The Kier molecular flexibility index (Phi) is 5.42. The number of alkyl halides is 1. The van der Waals surface area contributed by atoms with Gasteiger partial charge in [0, 0.05) is 32.1 Å². The van der Waals surface area contributed by atoms with E-state index in [9.17, 15) is 24.0 Å². The second-order valence-electron chi connectivity index (χ2n) is 7.58. The summed E-state index contributed by atoms with van der Waals surface area (Å²) >= 11 is 0. The highest BCUT2D eigenvalue weighted by molar-refractivity contribution is 6.07. The number of amides is 3. The van der Waals surface area contributed by atoms with Gasteiger partial charge < -0.3 is 15.1 Å². The number of nitrogens with one attached hydrogen (secondary N) is 1. The first-order valence-electron chi connectivity index (χ1n) is 9.39. The molecule has 4 atom stereocenters. The molecule has 1 aromatic carbocycles. The van der Waals surface area contributed by atoms with Crippen molar-refractivity contribution in [1.29, 1.82) is 5.26 Å². The van der Waals surface area contributed by atoms with Crippen LogP contribution in [0.15, 0.2) is 36.9 Å². The van der Waals surface area contributed by atoms with Gasteiger partial charge >= 0.3 is 0 Å². The Labute approximate surface area is 168 Å². The maximum Gasteiger partial charge on any atom is 0.246 e. The number of nitriles is 1. The Hall–Kier alpha value is -3.21. The highest BCUT2D eigenvalue weighted by Crippen LogP contribution is 2.46. The third-order valence-electron chi connectivity index (χ3n) is 5.74. The topological polar surface area (TPSA) is 93.5 Å². The molecule has 1 fully saturated rings. The van der Waals surface area contributed by atoms with Crippen molar-refractivity contribution in [2.24, 2.45) is 0 Å².